The molecule has 0 aliphatic carbocycles. The van der Waals surface area contributed by atoms with Crippen molar-refractivity contribution in [3.05, 3.63) is 30.1 Å². The van der Waals surface area contributed by atoms with Crippen LogP contribution in [0.4, 0.5) is 10.1 Å². The van der Waals surface area contributed by atoms with Crippen molar-refractivity contribution in [2.45, 2.75) is 19.3 Å². The van der Waals surface area contributed by atoms with Crippen molar-refractivity contribution >= 4 is 5.69 Å². The summed E-state index contributed by atoms with van der Waals surface area (Å²) in [6.07, 6.45) is 4.22. The zero-order valence-corrected chi connectivity index (χ0v) is 8.30. The predicted octanol–water partition coefficient (Wildman–Crippen LogP) is 2.17. The number of piperidine rings is 1. The van der Waals surface area contributed by atoms with E-state index in [2.05, 4.69) is 5.32 Å². The van der Waals surface area contributed by atoms with Gasteiger partial charge in [0.2, 0.25) is 0 Å². The highest BCUT2D eigenvalue weighted by Gasteiger charge is 1.93. The van der Waals surface area contributed by atoms with Crippen LogP contribution in [0.1, 0.15) is 19.3 Å². The lowest BCUT2D eigenvalue weighted by Crippen LogP contribution is -2.21. The minimum absolute atomic E-state index is 0.287. The quantitative estimate of drug-likeness (QED) is 0.624. The molecule has 1 saturated heterocycles. The summed E-state index contributed by atoms with van der Waals surface area (Å²) < 4.78 is 12.1. The van der Waals surface area contributed by atoms with Crippen LogP contribution in [0.15, 0.2) is 24.3 Å². The van der Waals surface area contributed by atoms with Gasteiger partial charge in [0.25, 0.3) is 0 Å². The Morgan fingerprint density at radius 2 is 1.86 bits per heavy atom. The van der Waals surface area contributed by atoms with Crippen LogP contribution in [0, 0.1) is 5.82 Å². The van der Waals surface area contributed by atoms with Crippen LogP contribution in [0.5, 0.6) is 0 Å². The zero-order chi connectivity index (χ0) is 10.2. The third kappa shape index (κ3) is 4.82. The van der Waals surface area contributed by atoms with Crippen molar-refractivity contribution < 1.29 is 4.39 Å². The average molecular weight is 196 g/mol. The Kier molecular flexibility index (Phi) is 5.00. The van der Waals surface area contributed by atoms with E-state index in [1.807, 2.05) is 0 Å². The van der Waals surface area contributed by atoms with E-state index in [-0.39, 0.29) is 5.82 Å². The van der Waals surface area contributed by atoms with Crippen LogP contribution < -0.4 is 11.1 Å². The smallest absolute Gasteiger partial charge is 0.125 e. The summed E-state index contributed by atoms with van der Waals surface area (Å²) >= 11 is 0. The summed E-state index contributed by atoms with van der Waals surface area (Å²) in [5.41, 5.74) is 5.68. The lowest BCUT2D eigenvalue weighted by atomic mass is 10.2. The van der Waals surface area contributed by atoms with E-state index in [1.165, 1.54) is 44.5 Å². The maximum Gasteiger partial charge on any atom is 0.125 e. The van der Waals surface area contributed by atoms with Gasteiger partial charge in [-0.2, -0.15) is 0 Å². The van der Waals surface area contributed by atoms with E-state index in [0.717, 1.165) is 0 Å². The largest absolute Gasteiger partial charge is 0.399 e. The number of nitrogens with one attached hydrogen (secondary N) is 1. The minimum atomic E-state index is -0.287. The summed E-state index contributed by atoms with van der Waals surface area (Å²) in [5.74, 6) is -0.287. The molecule has 0 aromatic heterocycles. The lowest BCUT2D eigenvalue weighted by Gasteiger charge is -2.08. The Morgan fingerprint density at radius 1 is 1.14 bits per heavy atom. The lowest BCUT2D eigenvalue weighted by molar-refractivity contribution is 0.520. The molecular weight excluding hydrogens is 179 g/mol. The van der Waals surface area contributed by atoms with Gasteiger partial charge in [-0.3, -0.25) is 0 Å². The van der Waals surface area contributed by atoms with Crippen LogP contribution in [0.3, 0.4) is 0 Å². The molecule has 1 aliphatic rings. The molecule has 0 atom stereocenters. The van der Waals surface area contributed by atoms with E-state index < -0.39 is 0 Å². The van der Waals surface area contributed by atoms with Gasteiger partial charge in [-0.15, -0.1) is 0 Å². The van der Waals surface area contributed by atoms with Crippen LogP contribution in [-0.4, -0.2) is 13.1 Å². The second-order valence-corrected chi connectivity index (χ2v) is 3.37. The van der Waals surface area contributed by atoms with Crippen LogP contribution in [0.2, 0.25) is 0 Å². The van der Waals surface area contributed by atoms with Crippen molar-refractivity contribution in [3.63, 3.8) is 0 Å². The number of benzene rings is 1. The highest BCUT2D eigenvalue weighted by atomic mass is 19.1. The average Bonchev–Trinajstić information content (AvgIpc) is 2.21. The standard InChI is InChI=1S/C6H6FN.C5H11N/c7-5-2-1-3-6(8)4-5;1-2-4-6-5-3-1/h1-4H,8H2;6H,1-5H2. The van der Waals surface area contributed by atoms with Gasteiger partial charge in [0.05, 0.1) is 0 Å². The highest BCUT2D eigenvalue weighted by molar-refractivity contribution is 5.36. The third-order valence-corrected chi connectivity index (χ3v) is 2.06. The Morgan fingerprint density at radius 3 is 2.14 bits per heavy atom. The molecule has 0 spiro atoms. The number of halogens is 1. The first-order valence-corrected chi connectivity index (χ1v) is 5.01. The molecule has 0 radical (unpaired) electrons. The molecule has 0 saturated carbocycles. The predicted molar refractivity (Wildman–Crippen MR) is 57.5 cm³/mol. The number of rotatable bonds is 0. The summed E-state index contributed by atoms with van der Waals surface area (Å²) in [5, 5.41) is 3.28. The molecule has 1 aromatic rings. The van der Waals surface area contributed by atoms with E-state index in [9.17, 15) is 4.39 Å². The molecule has 78 valence electrons. The van der Waals surface area contributed by atoms with E-state index in [1.54, 1.807) is 12.1 Å². The molecule has 0 unspecified atom stereocenters. The molecule has 2 rings (SSSR count). The van der Waals surface area contributed by atoms with Gasteiger partial charge in [-0.25, -0.2) is 4.39 Å². The second-order valence-electron chi connectivity index (χ2n) is 3.37. The molecule has 1 fully saturated rings. The molecule has 1 aromatic carbocycles. The number of hydrogen-bond acceptors (Lipinski definition) is 2. The van der Waals surface area contributed by atoms with E-state index in [0.29, 0.717) is 5.69 Å². The number of nitrogens with two attached hydrogens (primary N) is 1. The number of hydrogen-bond donors (Lipinski definition) is 2. The fraction of sp³-hybridized carbons (Fsp3) is 0.455. The Hall–Kier alpha value is -1.09. The van der Waals surface area contributed by atoms with Gasteiger partial charge in [0, 0.05) is 5.69 Å². The summed E-state index contributed by atoms with van der Waals surface area (Å²) in [6, 6.07) is 5.85. The van der Waals surface area contributed by atoms with Crippen molar-refractivity contribution in [1.29, 1.82) is 0 Å². The topological polar surface area (TPSA) is 38.0 Å². The second kappa shape index (κ2) is 6.38. The van der Waals surface area contributed by atoms with Crippen LogP contribution in [0.25, 0.3) is 0 Å². The fourth-order valence-corrected chi connectivity index (χ4v) is 1.31. The molecule has 14 heavy (non-hydrogen) atoms. The van der Waals surface area contributed by atoms with Gasteiger partial charge in [-0.05, 0) is 44.1 Å². The molecule has 3 heteroatoms. The normalized spacial score (nSPS) is 15.5. The van der Waals surface area contributed by atoms with Crippen LogP contribution in [-0.2, 0) is 0 Å². The maximum absolute atomic E-state index is 12.1. The minimum Gasteiger partial charge on any atom is -0.399 e. The summed E-state index contributed by atoms with van der Waals surface area (Å²) in [4.78, 5) is 0. The molecule has 1 aliphatic heterocycles. The molecule has 0 bridgehead atoms. The van der Waals surface area contributed by atoms with Crippen molar-refractivity contribution in [1.82, 2.24) is 5.32 Å². The SMILES string of the molecule is C1CCNCC1.Nc1cccc(F)c1. The summed E-state index contributed by atoms with van der Waals surface area (Å²) in [7, 11) is 0. The van der Waals surface area contributed by atoms with E-state index >= 15 is 0 Å². The fourth-order valence-electron chi connectivity index (χ4n) is 1.31. The molecular formula is C11H17FN2. The van der Waals surface area contributed by atoms with E-state index in [4.69, 9.17) is 5.73 Å². The first kappa shape index (κ1) is 11.0. The van der Waals surface area contributed by atoms with Gasteiger partial charge in [-0.1, -0.05) is 12.5 Å². The Labute approximate surface area is 84.3 Å². The Bertz CT molecular complexity index is 230. The highest BCUT2D eigenvalue weighted by Crippen LogP contribution is 2.02. The van der Waals surface area contributed by atoms with Gasteiger partial charge >= 0.3 is 0 Å². The molecule has 1 heterocycles. The summed E-state index contributed by atoms with van der Waals surface area (Å²) in [6.45, 7) is 2.50. The van der Waals surface area contributed by atoms with Crippen molar-refractivity contribution in [3.8, 4) is 0 Å². The maximum atomic E-state index is 12.1. The first-order valence-electron chi connectivity index (χ1n) is 5.01. The number of anilines is 1. The van der Waals surface area contributed by atoms with Gasteiger partial charge < -0.3 is 11.1 Å². The first-order chi connectivity index (χ1) is 6.79. The van der Waals surface area contributed by atoms with Gasteiger partial charge in [0.15, 0.2) is 0 Å². The molecule has 0 amide bonds. The zero-order valence-electron chi connectivity index (χ0n) is 8.30. The number of nitrogen functional groups attached to an aromatic ring is 1. The Balaban J connectivity index is 0.000000146. The van der Waals surface area contributed by atoms with Crippen molar-refractivity contribution in [2.75, 3.05) is 18.8 Å². The molecule has 2 nitrogen and oxygen atoms in total. The third-order valence-electron chi connectivity index (χ3n) is 2.06. The monoisotopic (exact) mass is 196 g/mol. The molecule has 3 N–H and O–H groups in total. The van der Waals surface area contributed by atoms with Crippen LogP contribution >= 0.6 is 0 Å². The van der Waals surface area contributed by atoms with Gasteiger partial charge in [0.1, 0.15) is 5.82 Å². The van der Waals surface area contributed by atoms with Crippen molar-refractivity contribution in [2.24, 2.45) is 0 Å².